The van der Waals surface area contributed by atoms with Crippen molar-refractivity contribution in [2.45, 2.75) is 6.42 Å². The number of carbonyl (C=O) groups excluding carboxylic acids is 1. The lowest BCUT2D eigenvalue weighted by molar-refractivity contribution is 0.0762. The molecule has 0 aliphatic carbocycles. The Labute approximate surface area is 157 Å². The first-order chi connectivity index (χ1) is 11.2. The highest BCUT2D eigenvalue weighted by atomic mass is 79.9. The fourth-order valence-corrected chi connectivity index (χ4v) is 2.90. The Morgan fingerprint density at radius 1 is 1.17 bits per heavy atom. The van der Waals surface area contributed by atoms with Crippen LogP contribution in [0.3, 0.4) is 0 Å². The number of hydrogen-bond acceptors (Lipinski definition) is 3. The van der Waals surface area contributed by atoms with Crippen LogP contribution in [-0.2, 0) is 6.42 Å². The summed E-state index contributed by atoms with van der Waals surface area (Å²) in [4.78, 5) is 14.5. The van der Waals surface area contributed by atoms with Gasteiger partial charge >= 0.3 is 0 Å². The molecular weight excluding hydrogens is 392 g/mol. The fraction of sp³-hybridized carbons (Fsp3) is 0.278. The Morgan fingerprint density at radius 3 is 2.46 bits per heavy atom. The number of ether oxygens (including phenoxy) is 1. The van der Waals surface area contributed by atoms with Crippen LogP contribution in [0.5, 0.6) is 5.75 Å². The summed E-state index contributed by atoms with van der Waals surface area (Å²) in [6.45, 7) is 1.62. The number of carbonyl (C=O) groups is 1. The SMILES string of the molecule is COc1ccc(C(=O)N(CCN)CCc2ccccc2)cc1Br.Cl. The third-order valence-electron chi connectivity index (χ3n) is 3.60. The Kier molecular flexibility index (Phi) is 8.82. The zero-order valence-electron chi connectivity index (χ0n) is 13.6. The molecule has 0 spiro atoms. The summed E-state index contributed by atoms with van der Waals surface area (Å²) in [6, 6.07) is 15.5. The smallest absolute Gasteiger partial charge is 0.253 e. The number of methoxy groups -OCH3 is 1. The lowest BCUT2D eigenvalue weighted by Crippen LogP contribution is -2.36. The average Bonchev–Trinajstić information content (AvgIpc) is 2.58. The molecule has 2 aromatic carbocycles. The van der Waals surface area contributed by atoms with Crippen LogP contribution >= 0.6 is 28.3 Å². The molecule has 130 valence electrons. The fourth-order valence-electron chi connectivity index (χ4n) is 2.36. The van der Waals surface area contributed by atoms with Gasteiger partial charge in [-0.3, -0.25) is 4.79 Å². The highest BCUT2D eigenvalue weighted by Crippen LogP contribution is 2.26. The van der Waals surface area contributed by atoms with Gasteiger partial charge in [0, 0.05) is 25.2 Å². The molecule has 2 rings (SSSR count). The maximum Gasteiger partial charge on any atom is 0.253 e. The van der Waals surface area contributed by atoms with Crippen molar-refractivity contribution in [3.8, 4) is 5.75 Å². The minimum atomic E-state index is -0.0188. The summed E-state index contributed by atoms with van der Waals surface area (Å²) in [5.41, 5.74) is 7.50. The van der Waals surface area contributed by atoms with Crippen LogP contribution in [-0.4, -0.2) is 37.6 Å². The highest BCUT2D eigenvalue weighted by molar-refractivity contribution is 9.10. The number of halogens is 2. The molecule has 24 heavy (non-hydrogen) atoms. The minimum Gasteiger partial charge on any atom is -0.496 e. The van der Waals surface area contributed by atoms with Gasteiger partial charge in [0.15, 0.2) is 0 Å². The van der Waals surface area contributed by atoms with Crippen molar-refractivity contribution >= 4 is 34.2 Å². The standard InChI is InChI=1S/C18H21BrN2O2.ClH/c1-23-17-8-7-15(13-16(17)19)18(22)21(12-10-20)11-9-14-5-3-2-4-6-14;/h2-8,13H,9-12,20H2,1H3;1H. The first-order valence-corrected chi connectivity index (χ1v) is 8.32. The van der Waals surface area contributed by atoms with E-state index in [9.17, 15) is 4.79 Å². The van der Waals surface area contributed by atoms with Gasteiger partial charge in [0.05, 0.1) is 11.6 Å². The van der Waals surface area contributed by atoms with Gasteiger partial charge in [-0.05, 0) is 46.1 Å². The van der Waals surface area contributed by atoms with Crippen LogP contribution in [0.4, 0.5) is 0 Å². The van der Waals surface area contributed by atoms with Crippen molar-refractivity contribution in [2.24, 2.45) is 5.73 Å². The van der Waals surface area contributed by atoms with Crippen LogP contribution in [0, 0.1) is 0 Å². The summed E-state index contributed by atoms with van der Waals surface area (Å²) < 4.78 is 5.97. The lowest BCUT2D eigenvalue weighted by atomic mass is 10.1. The van der Waals surface area contributed by atoms with Crippen LogP contribution in [0.1, 0.15) is 15.9 Å². The van der Waals surface area contributed by atoms with E-state index in [4.69, 9.17) is 10.5 Å². The molecule has 4 nitrogen and oxygen atoms in total. The summed E-state index contributed by atoms with van der Waals surface area (Å²) in [5.74, 6) is 0.686. The van der Waals surface area contributed by atoms with Gasteiger partial charge in [0.2, 0.25) is 0 Å². The first kappa shape index (κ1) is 20.5. The molecule has 0 aliphatic heterocycles. The van der Waals surface area contributed by atoms with Crippen molar-refractivity contribution in [1.29, 1.82) is 0 Å². The van der Waals surface area contributed by atoms with Gasteiger partial charge in [-0.1, -0.05) is 30.3 Å². The summed E-state index contributed by atoms with van der Waals surface area (Å²) in [5, 5.41) is 0. The van der Waals surface area contributed by atoms with E-state index < -0.39 is 0 Å². The van der Waals surface area contributed by atoms with E-state index in [-0.39, 0.29) is 18.3 Å². The summed E-state index contributed by atoms with van der Waals surface area (Å²) in [7, 11) is 1.60. The zero-order valence-corrected chi connectivity index (χ0v) is 16.0. The molecule has 0 atom stereocenters. The molecule has 2 N–H and O–H groups in total. The van der Waals surface area contributed by atoms with E-state index in [1.807, 2.05) is 18.2 Å². The maximum atomic E-state index is 12.7. The Balaban J connectivity index is 0.00000288. The zero-order chi connectivity index (χ0) is 16.7. The van der Waals surface area contributed by atoms with Crippen LogP contribution in [0.25, 0.3) is 0 Å². The predicted octanol–water partition coefficient (Wildman–Crippen LogP) is 3.52. The van der Waals surface area contributed by atoms with E-state index in [1.54, 1.807) is 30.2 Å². The molecule has 0 unspecified atom stereocenters. The molecule has 0 bridgehead atoms. The van der Waals surface area contributed by atoms with Gasteiger partial charge in [0.25, 0.3) is 5.91 Å². The maximum absolute atomic E-state index is 12.7. The molecule has 0 aliphatic rings. The molecule has 1 amide bonds. The van der Waals surface area contributed by atoms with Crippen molar-refractivity contribution < 1.29 is 9.53 Å². The van der Waals surface area contributed by atoms with Crippen molar-refractivity contribution in [3.05, 3.63) is 64.1 Å². The third kappa shape index (κ3) is 5.51. The van der Waals surface area contributed by atoms with E-state index >= 15 is 0 Å². The number of nitrogens with zero attached hydrogens (tertiary/aromatic N) is 1. The van der Waals surface area contributed by atoms with Crippen molar-refractivity contribution in [2.75, 3.05) is 26.7 Å². The van der Waals surface area contributed by atoms with E-state index in [0.717, 1.165) is 10.9 Å². The van der Waals surface area contributed by atoms with Crippen molar-refractivity contribution in [3.63, 3.8) is 0 Å². The molecular formula is C18H22BrClN2O2. The average molecular weight is 414 g/mol. The minimum absolute atomic E-state index is 0. The number of rotatable bonds is 7. The largest absolute Gasteiger partial charge is 0.496 e. The summed E-state index contributed by atoms with van der Waals surface area (Å²) >= 11 is 3.42. The normalized spacial score (nSPS) is 9.96. The van der Waals surface area contributed by atoms with Crippen molar-refractivity contribution in [1.82, 2.24) is 4.90 Å². The van der Waals surface area contributed by atoms with Gasteiger partial charge in [0.1, 0.15) is 5.75 Å². The van der Waals surface area contributed by atoms with Crippen LogP contribution in [0.2, 0.25) is 0 Å². The number of benzene rings is 2. The lowest BCUT2D eigenvalue weighted by Gasteiger charge is -2.22. The molecule has 0 aromatic heterocycles. The Hall–Kier alpha value is -1.56. The molecule has 0 saturated heterocycles. The second kappa shape index (κ2) is 10.3. The highest BCUT2D eigenvalue weighted by Gasteiger charge is 2.16. The summed E-state index contributed by atoms with van der Waals surface area (Å²) in [6.07, 6.45) is 0.809. The molecule has 0 fully saturated rings. The third-order valence-corrected chi connectivity index (χ3v) is 4.22. The van der Waals surface area contributed by atoms with Crippen LogP contribution in [0.15, 0.2) is 53.0 Å². The second-order valence-corrected chi connectivity index (χ2v) is 6.02. The monoisotopic (exact) mass is 412 g/mol. The quantitative estimate of drug-likeness (QED) is 0.755. The molecule has 0 heterocycles. The van der Waals surface area contributed by atoms with E-state index in [2.05, 4.69) is 28.1 Å². The Bertz CT molecular complexity index is 653. The van der Waals surface area contributed by atoms with Gasteiger partial charge < -0.3 is 15.4 Å². The van der Waals surface area contributed by atoms with E-state index in [0.29, 0.717) is 30.9 Å². The van der Waals surface area contributed by atoms with Crippen LogP contribution < -0.4 is 10.5 Å². The molecule has 2 aromatic rings. The van der Waals surface area contributed by atoms with Gasteiger partial charge in [-0.25, -0.2) is 0 Å². The first-order valence-electron chi connectivity index (χ1n) is 7.52. The number of amides is 1. The van der Waals surface area contributed by atoms with Gasteiger partial charge in [-0.2, -0.15) is 0 Å². The second-order valence-electron chi connectivity index (χ2n) is 5.17. The van der Waals surface area contributed by atoms with Gasteiger partial charge in [-0.15, -0.1) is 12.4 Å². The Morgan fingerprint density at radius 2 is 1.88 bits per heavy atom. The molecule has 6 heteroatoms. The molecule has 0 saturated carbocycles. The predicted molar refractivity (Wildman–Crippen MR) is 103 cm³/mol. The molecule has 0 radical (unpaired) electrons. The topological polar surface area (TPSA) is 55.6 Å². The number of nitrogens with two attached hydrogens (primary N) is 1. The van der Waals surface area contributed by atoms with E-state index in [1.165, 1.54) is 5.56 Å². The number of hydrogen-bond donors (Lipinski definition) is 1.